The molecular weight excluding hydrogens is 351 g/mol. The van der Waals surface area contributed by atoms with Crippen molar-refractivity contribution in [1.82, 2.24) is 0 Å². The second kappa shape index (κ2) is 6.83. The molecule has 0 fully saturated rings. The predicted octanol–water partition coefficient (Wildman–Crippen LogP) is 4.24. The summed E-state index contributed by atoms with van der Waals surface area (Å²) >= 11 is 3.09. The van der Waals surface area contributed by atoms with Crippen LogP contribution in [-0.2, 0) is 4.74 Å². The van der Waals surface area contributed by atoms with E-state index < -0.39 is 11.8 Å². The molecule has 0 heterocycles. The third-order valence-corrected chi connectivity index (χ3v) is 3.97. The number of ether oxygens (including phenoxy) is 1. The van der Waals surface area contributed by atoms with E-state index in [1.165, 1.54) is 12.1 Å². The number of Topliss-reactive ketones (excluding diaryl/α,β-unsaturated/α-hetero) is 1. The van der Waals surface area contributed by atoms with Crippen molar-refractivity contribution in [1.29, 1.82) is 0 Å². The molecule has 0 aliphatic heterocycles. The van der Waals surface area contributed by atoms with Crippen molar-refractivity contribution in [2.75, 3.05) is 6.61 Å². The molecule has 0 N–H and O–H groups in total. The lowest BCUT2D eigenvalue weighted by Gasteiger charge is -2.07. The quantitative estimate of drug-likeness (QED) is 0.601. The van der Waals surface area contributed by atoms with E-state index in [1.807, 2.05) is 19.9 Å². The van der Waals surface area contributed by atoms with Crippen LogP contribution >= 0.6 is 15.9 Å². The highest BCUT2D eigenvalue weighted by atomic mass is 79.9. The Morgan fingerprint density at radius 2 is 1.82 bits per heavy atom. The molecule has 0 atom stereocenters. The molecule has 0 aliphatic carbocycles. The fraction of sp³-hybridized carbons (Fsp3) is 0.176. The van der Waals surface area contributed by atoms with E-state index in [9.17, 15) is 14.0 Å². The maximum atomic E-state index is 13.0. The molecule has 0 bridgehead atoms. The summed E-state index contributed by atoms with van der Waals surface area (Å²) in [5.74, 6) is -1.42. The van der Waals surface area contributed by atoms with Crippen LogP contribution in [0.2, 0.25) is 0 Å². The molecule has 0 spiro atoms. The highest BCUT2D eigenvalue weighted by Gasteiger charge is 2.15. The normalized spacial score (nSPS) is 10.4. The minimum absolute atomic E-state index is 0.175. The second-order valence-corrected chi connectivity index (χ2v) is 5.78. The first-order valence-electron chi connectivity index (χ1n) is 6.61. The molecule has 2 rings (SSSR count). The Labute approximate surface area is 136 Å². The molecule has 0 amide bonds. The van der Waals surface area contributed by atoms with Gasteiger partial charge in [-0.2, -0.15) is 0 Å². The molecule has 0 aliphatic rings. The number of benzene rings is 2. The van der Waals surface area contributed by atoms with Crippen LogP contribution < -0.4 is 0 Å². The fourth-order valence-electron chi connectivity index (χ4n) is 1.86. The van der Waals surface area contributed by atoms with Gasteiger partial charge in [0.05, 0.1) is 5.56 Å². The molecule has 2 aromatic rings. The zero-order valence-electron chi connectivity index (χ0n) is 12.2. The van der Waals surface area contributed by atoms with Crippen LogP contribution in [0, 0.1) is 19.7 Å². The van der Waals surface area contributed by atoms with Crippen LogP contribution in [0.5, 0.6) is 0 Å². The number of carbonyl (C=O) groups excluding carboxylic acids is 2. The van der Waals surface area contributed by atoms with Crippen LogP contribution in [0.4, 0.5) is 4.39 Å². The number of hydrogen-bond acceptors (Lipinski definition) is 3. The molecule has 0 saturated carbocycles. The van der Waals surface area contributed by atoms with E-state index in [2.05, 4.69) is 15.9 Å². The van der Waals surface area contributed by atoms with Crippen LogP contribution in [0.1, 0.15) is 31.8 Å². The number of carbonyl (C=O) groups is 2. The molecule has 2 aromatic carbocycles. The van der Waals surface area contributed by atoms with E-state index in [0.717, 1.165) is 17.2 Å². The number of esters is 1. The Morgan fingerprint density at radius 1 is 1.09 bits per heavy atom. The third kappa shape index (κ3) is 3.80. The van der Waals surface area contributed by atoms with Crippen LogP contribution in [0.25, 0.3) is 0 Å². The summed E-state index contributed by atoms with van der Waals surface area (Å²) in [4.78, 5) is 23.9. The molecule has 0 unspecified atom stereocenters. The van der Waals surface area contributed by atoms with E-state index >= 15 is 0 Å². The molecule has 3 nitrogen and oxygen atoms in total. The highest BCUT2D eigenvalue weighted by molar-refractivity contribution is 9.10. The van der Waals surface area contributed by atoms with Crippen molar-refractivity contribution >= 4 is 27.7 Å². The number of ketones is 1. The largest absolute Gasteiger partial charge is 0.454 e. The summed E-state index contributed by atoms with van der Waals surface area (Å²) in [6.45, 7) is 3.51. The van der Waals surface area contributed by atoms with Crippen molar-refractivity contribution in [2.45, 2.75) is 13.8 Å². The number of rotatable bonds is 4. The molecule has 0 radical (unpaired) electrons. The predicted molar refractivity (Wildman–Crippen MR) is 84.6 cm³/mol. The van der Waals surface area contributed by atoms with Gasteiger partial charge in [0.1, 0.15) is 5.82 Å². The highest BCUT2D eigenvalue weighted by Crippen LogP contribution is 2.19. The van der Waals surface area contributed by atoms with E-state index in [-0.39, 0.29) is 22.4 Å². The lowest BCUT2D eigenvalue weighted by Crippen LogP contribution is -2.15. The van der Waals surface area contributed by atoms with Gasteiger partial charge in [-0.15, -0.1) is 0 Å². The Balaban J connectivity index is 2.04. The average molecular weight is 365 g/mol. The van der Waals surface area contributed by atoms with Gasteiger partial charge >= 0.3 is 5.97 Å². The van der Waals surface area contributed by atoms with E-state index in [1.54, 1.807) is 12.1 Å². The van der Waals surface area contributed by atoms with Crippen molar-refractivity contribution in [3.05, 3.63) is 68.9 Å². The monoisotopic (exact) mass is 364 g/mol. The standard InChI is InChI=1S/C17H14BrFO3/c1-10-3-4-12(7-11(10)2)16(20)9-22-17(21)14-6-5-13(19)8-15(14)18/h3-8H,9H2,1-2H3. The van der Waals surface area contributed by atoms with Crippen LogP contribution in [0.15, 0.2) is 40.9 Å². The van der Waals surface area contributed by atoms with Crippen molar-refractivity contribution in [2.24, 2.45) is 0 Å². The lowest BCUT2D eigenvalue weighted by molar-refractivity contribution is 0.0473. The minimum Gasteiger partial charge on any atom is -0.454 e. The average Bonchev–Trinajstić information content (AvgIpc) is 2.47. The number of halogens is 2. The fourth-order valence-corrected chi connectivity index (χ4v) is 2.37. The van der Waals surface area contributed by atoms with Gasteiger partial charge in [0.15, 0.2) is 12.4 Å². The SMILES string of the molecule is Cc1ccc(C(=O)COC(=O)c2ccc(F)cc2Br)cc1C. The zero-order chi connectivity index (χ0) is 16.3. The summed E-state index contributed by atoms with van der Waals surface area (Å²) in [5.41, 5.74) is 2.76. The molecule has 0 aromatic heterocycles. The summed E-state index contributed by atoms with van der Waals surface area (Å²) in [6.07, 6.45) is 0. The number of aryl methyl sites for hydroxylation is 2. The first kappa shape index (κ1) is 16.4. The van der Waals surface area contributed by atoms with Gasteiger partial charge in [0.25, 0.3) is 0 Å². The molecule has 5 heteroatoms. The zero-order valence-corrected chi connectivity index (χ0v) is 13.7. The topological polar surface area (TPSA) is 43.4 Å². The molecular formula is C17H14BrFO3. The van der Waals surface area contributed by atoms with Gasteiger partial charge in [0.2, 0.25) is 0 Å². The van der Waals surface area contributed by atoms with Gasteiger partial charge in [-0.05, 0) is 65.2 Å². The van der Waals surface area contributed by atoms with Gasteiger partial charge in [-0.3, -0.25) is 4.79 Å². The second-order valence-electron chi connectivity index (χ2n) is 4.92. The first-order chi connectivity index (χ1) is 10.4. The van der Waals surface area contributed by atoms with E-state index in [4.69, 9.17) is 4.74 Å². The summed E-state index contributed by atoms with van der Waals surface area (Å²) in [5, 5.41) is 0. The molecule has 22 heavy (non-hydrogen) atoms. The summed E-state index contributed by atoms with van der Waals surface area (Å²) < 4.78 is 18.3. The van der Waals surface area contributed by atoms with Gasteiger partial charge < -0.3 is 4.74 Å². The Morgan fingerprint density at radius 3 is 2.45 bits per heavy atom. The van der Waals surface area contributed by atoms with Crippen LogP contribution in [-0.4, -0.2) is 18.4 Å². The number of hydrogen-bond donors (Lipinski definition) is 0. The lowest BCUT2D eigenvalue weighted by atomic mass is 10.0. The van der Waals surface area contributed by atoms with Crippen molar-refractivity contribution in [3.8, 4) is 0 Å². The van der Waals surface area contributed by atoms with E-state index in [0.29, 0.717) is 5.56 Å². The molecule has 114 valence electrons. The van der Waals surface area contributed by atoms with Crippen molar-refractivity contribution in [3.63, 3.8) is 0 Å². The van der Waals surface area contributed by atoms with Gasteiger partial charge in [0, 0.05) is 10.0 Å². The third-order valence-electron chi connectivity index (χ3n) is 3.31. The van der Waals surface area contributed by atoms with Crippen LogP contribution in [0.3, 0.4) is 0 Å². The maximum Gasteiger partial charge on any atom is 0.339 e. The summed E-state index contributed by atoms with van der Waals surface area (Å²) in [7, 11) is 0. The Kier molecular flexibility index (Phi) is 5.08. The van der Waals surface area contributed by atoms with Crippen molar-refractivity contribution < 1.29 is 18.7 Å². The minimum atomic E-state index is -0.677. The molecule has 0 saturated heterocycles. The van der Waals surface area contributed by atoms with Gasteiger partial charge in [-0.25, -0.2) is 9.18 Å². The smallest absolute Gasteiger partial charge is 0.339 e. The maximum absolute atomic E-state index is 13.0. The Hall–Kier alpha value is -2.01. The summed E-state index contributed by atoms with van der Waals surface area (Å²) in [6, 6.07) is 8.95. The Bertz CT molecular complexity index is 741. The first-order valence-corrected chi connectivity index (χ1v) is 7.40. The van der Waals surface area contributed by atoms with Gasteiger partial charge in [-0.1, -0.05) is 12.1 Å².